The molecule has 1 aromatic heterocycles. The molecule has 0 fully saturated rings. The topological polar surface area (TPSA) is 29.9 Å². The summed E-state index contributed by atoms with van der Waals surface area (Å²) in [6.45, 7) is 7.48. The Labute approximate surface area is 109 Å². The van der Waals surface area contributed by atoms with Crippen molar-refractivity contribution in [2.45, 2.75) is 32.7 Å². The summed E-state index contributed by atoms with van der Waals surface area (Å²) in [5.74, 6) is 0. The number of hydrogen-bond donors (Lipinski definition) is 1. The minimum absolute atomic E-state index is 0.209. The maximum absolute atomic E-state index is 4.10. The third kappa shape index (κ3) is 2.92. The van der Waals surface area contributed by atoms with Crippen LogP contribution in [0.5, 0.6) is 0 Å². The highest BCUT2D eigenvalue weighted by Crippen LogP contribution is 2.23. The van der Waals surface area contributed by atoms with E-state index < -0.39 is 0 Å². The molecule has 0 unspecified atom stereocenters. The fraction of sp³-hybridized carbons (Fsp3) is 0.400. The monoisotopic (exact) mass is 243 g/mol. The number of hydrogen-bond acceptors (Lipinski definition) is 2. The molecule has 96 valence electrons. The van der Waals surface area contributed by atoms with Gasteiger partial charge in [0.1, 0.15) is 0 Å². The number of imidazole rings is 1. The Morgan fingerprint density at radius 1 is 1.17 bits per heavy atom. The molecular weight excluding hydrogens is 222 g/mol. The van der Waals surface area contributed by atoms with Crippen LogP contribution in [0.4, 0.5) is 5.69 Å². The van der Waals surface area contributed by atoms with Gasteiger partial charge in [-0.2, -0.15) is 0 Å². The van der Waals surface area contributed by atoms with E-state index in [0.717, 1.165) is 12.2 Å². The Kier molecular flexibility index (Phi) is 3.41. The predicted octanol–water partition coefficient (Wildman–Crippen LogP) is 3.33. The zero-order valence-electron chi connectivity index (χ0n) is 11.6. The van der Waals surface area contributed by atoms with Crippen LogP contribution in [0.3, 0.4) is 0 Å². The van der Waals surface area contributed by atoms with Gasteiger partial charge in [-0.1, -0.05) is 32.9 Å². The lowest BCUT2D eigenvalue weighted by molar-refractivity contribution is 0.590. The van der Waals surface area contributed by atoms with Crippen LogP contribution in [-0.4, -0.2) is 9.55 Å². The molecule has 0 amide bonds. The number of nitrogens with zero attached hydrogens (tertiary/aromatic N) is 2. The molecule has 3 nitrogen and oxygen atoms in total. The van der Waals surface area contributed by atoms with Gasteiger partial charge in [0, 0.05) is 18.9 Å². The van der Waals surface area contributed by atoms with Gasteiger partial charge in [-0.15, -0.1) is 0 Å². The first-order valence-electron chi connectivity index (χ1n) is 6.26. The largest absolute Gasteiger partial charge is 0.379 e. The number of aryl methyl sites for hydroxylation is 1. The van der Waals surface area contributed by atoms with E-state index in [1.54, 1.807) is 0 Å². The molecule has 2 aromatic rings. The molecule has 0 saturated heterocycles. The summed E-state index contributed by atoms with van der Waals surface area (Å²) in [5.41, 5.74) is 3.88. The number of rotatable bonds is 3. The molecule has 0 aliphatic rings. The fourth-order valence-electron chi connectivity index (χ4n) is 1.84. The normalized spacial score (nSPS) is 11.6. The van der Waals surface area contributed by atoms with Crippen molar-refractivity contribution in [3.63, 3.8) is 0 Å². The zero-order valence-corrected chi connectivity index (χ0v) is 11.6. The number of anilines is 1. The molecule has 18 heavy (non-hydrogen) atoms. The summed E-state index contributed by atoms with van der Waals surface area (Å²) >= 11 is 0. The van der Waals surface area contributed by atoms with Gasteiger partial charge in [-0.3, -0.25) is 0 Å². The fourth-order valence-corrected chi connectivity index (χ4v) is 1.84. The third-order valence-electron chi connectivity index (χ3n) is 3.14. The van der Waals surface area contributed by atoms with Crippen molar-refractivity contribution < 1.29 is 0 Å². The van der Waals surface area contributed by atoms with E-state index in [1.807, 2.05) is 24.1 Å². The zero-order chi connectivity index (χ0) is 13.2. The highest BCUT2D eigenvalue weighted by atomic mass is 15.0. The lowest BCUT2D eigenvalue weighted by Gasteiger charge is -2.19. The smallest absolute Gasteiger partial charge is 0.0946 e. The van der Waals surface area contributed by atoms with Crippen LogP contribution in [0.25, 0.3) is 0 Å². The van der Waals surface area contributed by atoms with Gasteiger partial charge < -0.3 is 9.88 Å². The molecule has 0 radical (unpaired) electrons. The Hall–Kier alpha value is -1.77. The van der Waals surface area contributed by atoms with E-state index in [4.69, 9.17) is 0 Å². The van der Waals surface area contributed by atoms with Gasteiger partial charge in [0.25, 0.3) is 0 Å². The molecule has 1 heterocycles. The number of benzene rings is 1. The Bertz CT molecular complexity index is 503. The van der Waals surface area contributed by atoms with Gasteiger partial charge in [-0.25, -0.2) is 4.98 Å². The quantitative estimate of drug-likeness (QED) is 0.896. The minimum atomic E-state index is 0.209. The standard InChI is InChI=1S/C15H21N3/c1-15(2,3)12-5-7-13(8-6-12)17-10-14-9-16-11-18(14)4/h5-9,11,17H,10H2,1-4H3. The van der Waals surface area contributed by atoms with Crippen molar-refractivity contribution >= 4 is 5.69 Å². The van der Waals surface area contributed by atoms with Gasteiger partial charge in [0.15, 0.2) is 0 Å². The van der Waals surface area contributed by atoms with Crippen LogP contribution in [0.1, 0.15) is 32.0 Å². The van der Waals surface area contributed by atoms with Crippen LogP contribution >= 0.6 is 0 Å². The summed E-state index contributed by atoms with van der Waals surface area (Å²) in [6, 6.07) is 8.64. The van der Waals surface area contributed by atoms with Crippen LogP contribution in [0, 0.1) is 0 Å². The summed E-state index contributed by atoms with van der Waals surface area (Å²) in [4.78, 5) is 4.10. The first-order valence-corrected chi connectivity index (χ1v) is 6.26. The van der Waals surface area contributed by atoms with Gasteiger partial charge >= 0.3 is 0 Å². The second-order valence-electron chi connectivity index (χ2n) is 5.68. The Morgan fingerprint density at radius 3 is 2.33 bits per heavy atom. The van der Waals surface area contributed by atoms with E-state index in [9.17, 15) is 0 Å². The molecular formula is C15H21N3. The maximum Gasteiger partial charge on any atom is 0.0946 e. The molecule has 1 aromatic carbocycles. The molecule has 0 spiro atoms. The lowest BCUT2D eigenvalue weighted by atomic mass is 9.87. The lowest BCUT2D eigenvalue weighted by Crippen LogP contribution is -2.11. The van der Waals surface area contributed by atoms with Crippen molar-refractivity contribution in [1.82, 2.24) is 9.55 Å². The molecule has 3 heteroatoms. The number of aromatic nitrogens is 2. The Morgan fingerprint density at radius 2 is 1.83 bits per heavy atom. The van der Waals surface area contributed by atoms with Crippen molar-refractivity contribution in [3.8, 4) is 0 Å². The summed E-state index contributed by atoms with van der Waals surface area (Å²) in [7, 11) is 2.01. The second-order valence-corrected chi connectivity index (χ2v) is 5.68. The Balaban J connectivity index is 2.01. The molecule has 0 bridgehead atoms. The molecule has 1 N–H and O–H groups in total. The highest BCUT2D eigenvalue weighted by Gasteiger charge is 2.12. The SMILES string of the molecule is Cn1cncc1CNc1ccc(C(C)(C)C)cc1. The summed E-state index contributed by atoms with van der Waals surface area (Å²) < 4.78 is 2.02. The first kappa shape index (κ1) is 12.7. The van der Waals surface area contributed by atoms with Gasteiger partial charge in [0.05, 0.1) is 18.6 Å². The molecule has 0 atom stereocenters. The number of nitrogens with one attached hydrogen (secondary N) is 1. The second kappa shape index (κ2) is 4.84. The highest BCUT2D eigenvalue weighted by molar-refractivity contribution is 5.45. The molecule has 0 saturated carbocycles. The maximum atomic E-state index is 4.10. The van der Waals surface area contributed by atoms with Gasteiger partial charge in [0.2, 0.25) is 0 Å². The van der Waals surface area contributed by atoms with Crippen LogP contribution in [0.2, 0.25) is 0 Å². The molecule has 0 aliphatic carbocycles. The minimum Gasteiger partial charge on any atom is -0.379 e. The van der Waals surface area contributed by atoms with Crippen molar-refractivity contribution in [2.24, 2.45) is 7.05 Å². The van der Waals surface area contributed by atoms with Crippen molar-refractivity contribution in [2.75, 3.05) is 5.32 Å². The van der Waals surface area contributed by atoms with E-state index in [-0.39, 0.29) is 5.41 Å². The van der Waals surface area contributed by atoms with Crippen LogP contribution in [-0.2, 0) is 19.0 Å². The van der Waals surface area contributed by atoms with Crippen LogP contribution < -0.4 is 5.32 Å². The van der Waals surface area contributed by atoms with Gasteiger partial charge in [-0.05, 0) is 23.1 Å². The summed E-state index contributed by atoms with van der Waals surface area (Å²) in [5, 5.41) is 3.41. The van der Waals surface area contributed by atoms with E-state index >= 15 is 0 Å². The van der Waals surface area contributed by atoms with E-state index in [2.05, 4.69) is 55.3 Å². The summed E-state index contributed by atoms with van der Waals surface area (Å²) in [6.07, 6.45) is 3.70. The van der Waals surface area contributed by atoms with Crippen molar-refractivity contribution in [3.05, 3.63) is 48.0 Å². The third-order valence-corrected chi connectivity index (χ3v) is 3.14. The van der Waals surface area contributed by atoms with E-state index in [1.165, 1.54) is 11.3 Å². The average molecular weight is 243 g/mol. The average Bonchev–Trinajstić information content (AvgIpc) is 2.72. The molecule has 0 aliphatic heterocycles. The molecule has 2 rings (SSSR count). The first-order chi connectivity index (χ1) is 8.47. The van der Waals surface area contributed by atoms with Crippen LogP contribution in [0.15, 0.2) is 36.8 Å². The van der Waals surface area contributed by atoms with E-state index in [0.29, 0.717) is 0 Å². The van der Waals surface area contributed by atoms with Crippen molar-refractivity contribution in [1.29, 1.82) is 0 Å². The predicted molar refractivity (Wildman–Crippen MR) is 75.7 cm³/mol.